The zero-order valence-electron chi connectivity index (χ0n) is 15.3. The van der Waals surface area contributed by atoms with Crippen molar-refractivity contribution in [1.82, 2.24) is 15.0 Å². The van der Waals surface area contributed by atoms with Gasteiger partial charge < -0.3 is 9.42 Å². The Balaban J connectivity index is 2.03. The molecule has 7 heteroatoms. The summed E-state index contributed by atoms with van der Waals surface area (Å²) in [4.78, 5) is 18.5. The van der Waals surface area contributed by atoms with Gasteiger partial charge in [0.2, 0.25) is 11.8 Å². The molecule has 26 heavy (non-hydrogen) atoms. The average molecular weight is 424 g/mol. The van der Waals surface area contributed by atoms with Crippen molar-refractivity contribution >= 4 is 21.8 Å². The molecule has 0 aliphatic carbocycles. The van der Waals surface area contributed by atoms with E-state index in [2.05, 4.69) is 32.6 Å². The summed E-state index contributed by atoms with van der Waals surface area (Å²) in [6.45, 7) is 10.2. The van der Waals surface area contributed by atoms with E-state index in [0.29, 0.717) is 30.2 Å². The van der Waals surface area contributed by atoms with E-state index >= 15 is 0 Å². The number of hydrogen-bond donors (Lipinski definition) is 0. The Hall–Kier alpha value is -2.02. The van der Waals surface area contributed by atoms with Crippen molar-refractivity contribution in [2.75, 3.05) is 6.54 Å². The van der Waals surface area contributed by atoms with Crippen LogP contribution in [0, 0.1) is 5.82 Å². The van der Waals surface area contributed by atoms with Crippen LogP contribution in [0.25, 0.3) is 0 Å². The van der Waals surface area contributed by atoms with Gasteiger partial charge in [-0.05, 0) is 18.2 Å². The van der Waals surface area contributed by atoms with Crippen molar-refractivity contribution in [1.29, 1.82) is 0 Å². The van der Waals surface area contributed by atoms with E-state index in [1.54, 1.807) is 23.1 Å². The molecular formula is C19H23BrFN3O2. The van der Waals surface area contributed by atoms with E-state index in [9.17, 15) is 9.18 Å². The highest BCUT2D eigenvalue weighted by Gasteiger charge is 2.22. The number of rotatable bonds is 7. The number of aryl methyl sites for hydroxylation is 1. The maximum atomic E-state index is 14.0. The largest absolute Gasteiger partial charge is 0.339 e. The minimum atomic E-state index is -0.346. The van der Waals surface area contributed by atoms with Crippen LogP contribution >= 0.6 is 15.9 Å². The molecular weight excluding hydrogens is 401 g/mol. The second kappa shape index (κ2) is 8.58. The van der Waals surface area contributed by atoms with Crippen molar-refractivity contribution in [2.45, 2.75) is 45.6 Å². The van der Waals surface area contributed by atoms with E-state index in [4.69, 9.17) is 4.52 Å². The summed E-state index contributed by atoms with van der Waals surface area (Å²) < 4.78 is 20.0. The van der Waals surface area contributed by atoms with Crippen LogP contribution < -0.4 is 0 Å². The molecule has 1 heterocycles. The molecule has 5 nitrogen and oxygen atoms in total. The summed E-state index contributed by atoms with van der Waals surface area (Å²) in [7, 11) is 0. The van der Waals surface area contributed by atoms with Crippen molar-refractivity contribution in [2.24, 2.45) is 0 Å². The minimum absolute atomic E-state index is 0.125. The topological polar surface area (TPSA) is 59.2 Å². The summed E-state index contributed by atoms with van der Waals surface area (Å²) in [6, 6.07) is 4.68. The lowest BCUT2D eigenvalue weighted by Gasteiger charge is -2.21. The van der Waals surface area contributed by atoms with E-state index < -0.39 is 0 Å². The predicted octanol–water partition coefficient (Wildman–Crippen LogP) is 4.42. The highest BCUT2D eigenvalue weighted by atomic mass is 79.9. The van der Waals surface area contributed by atoms with E-state index in [1.807, 2.05) is 20.8 Å². The number of carbonyl (C=O) groups is 1. The molecule has 1 amide bonds. The number of aromatic nitrogens is 2. The fourth-order valence-electron chi connectivity index (χ4n) is 2.31. The Morgan fingerprint density at radius 2 is 2.15 bits per heavy atom. The van der Waals surface area contributed by atoms with Gasteiger partial charge in [-0.1, -0.05) is 47.9 Å². The monoisotopic (exact) mass is 423 g/mol. The highest BCUT2D eigenvalue weighted by molar-refractivity contribution is 9.10. The average Bonchev–Trinajstić information content (AvgIpc) is 3.05. The Morgan fingerprint density at radius 1 is 1.42 bits per heavy atom. The van der Waals surface area contributed by atoms with Crippen LogP contribution in [0.15, 0.2) is 39.8 Å². The normalized spacial score (nSPS) is 11.4. The van der Waals surface area contributed by atoms with Gasteiger partial charge in [0.15, 0.2) is 5.82 Å². The molecule has 0 radical (unpaired) electrons. The van der Waals surface area contributed by atoms with Gasteiger partial charge in [0.1, 0.15) is 5.82 Å². The minimum Gasteiger partial charge on any atom is -0.339 e. The van der Waals surface area contributed by atoms with Crippen LogP contribution in [0.4, 0.5) is 4.39 Å². The standard InChI is InChI=1S/C19H23BrFN3O2/c1-5-10-24(12-13-11-14(20)6-7-15(13)21)17(25)9-8-16-22-18(23-26-16)19(2,3)4/h5-7,11H,1,8-10,12H2,2-4H3. The second-order valence-corrected chi connectivity index (χ2v) is 7.98. The number of amides is 1. The molecule has 1 aromatic heterocycles. The van der Waals surface area contributed by atoms with Gasteiger partial charge in [-0.15, -0.1) is 6.58 Å². The first-order valence-electron chi connectivity index (χ1n) is 8.36. The summed E-state index contributed by atoms with van der Waals surface area (Å²) in [5.74, 6) is 0.566. The van der Waals surface area contributed by atoms with Gasteiger partial charge >= 0.3 is 0 Å². The number of benzene rings is 1. The third-order valence-electron chi connectivity index (χ3n) is 3.76. The molecule has 2 rings (SSSR count). The number of halogens is 2. The van der Waals surface area contributed by atoms with Gasteiger partial charge in [-0.2, -0.15) is 4.98 Å². The van der Waals surface area contributed by atoms with Gasteiger partial charge in [0.25, 0.3) is 0 Å². The van der Waals surface area contributed by atoms with E-state index in [1.165, 1.54) is 6.07 Å². The molecule has 0 atom stereocenters. The van der Waals surface area contributed by atoms with Gasteiger partial charge in [0.05, 0.1) is 0 Å². The predicted molar refractivity (Wildman–Crippen MR) is 101 cm³/mol. The zero-order chi connectivity index (χ0) is 19.3. The molecule has 1 aromatic carbocycles. The van der Waals surface area contributed by atoms with Crippen LogP contribution in [-0.4, -0.2) is 27.5 Å². The summed E-state index contributed by atoms with van der Waals surface area (Å²) in [6.07, 6.45) is 2.17. The van der Waals surface area contributed by atoms with Gasteiger partial charge in [-0.3, -0.25) is 4.79 Å². The fraction of sp³-hybridized carbons (Fsp3) is 0.421. The third-order valence-corrected chi connectivity index (χ3v) is 4.26. The Bertz CT molecular complexity index is 783. The molecule has 0 aliphatic heterocycles. The van der Waals surface area contributed by atoms with Crippen LogP contribution in [0.3, 0.4) is 0 Å². The molecule has 0 bridgehead atoms. The van der Waals surface area contributed by atoms with Crippen molar-refractivity contribution < 1.29 is 13.7 Å². The van der Waals surface area contributed by atoms with Crippen LogP contribution in [0.2, 0.25) is 0 Å². The molecule has 0 spiro atoms. The van der Waals surface area contributed by atoms with Gasteiger partial charge in [-0.25, -0.2) is 4.39 Å². The number of nitrogens with zero attached hydrogens (tertiary/aromatic N) is 3. The van der Waals surface area contributed by atoms with Gasteiger partial charge in [0, 0.05) is 41.4 Å². The number of hydrogen-bond acceptors (Lipinski definition) is 4. The maximum Gasteiger partial charge on any atom is 0.227 e. The third kappa shape index (κ3) is 5.49. The lowest BCUT2D eigenvalue weighted by atomic mass is 9.96. The molecule has 0 N–H and O–H groups in total. The molecule has 0 fully saturated rings. The molecule has 2 aromatic rings. The summed E-state index contributed by atoms with van der Waals surface area (Å²) in [5, 5.41) is 3.95. The molecule has 0 saturated heterocycles. The van der Waals surface area contributed by atoms with Crippen LogP contribution in [0.1, 0.15) is 44.5 Å². The molecule has 0 saturated carbocycles. The van der Waals surface area contributed by atoms with Crippen LogP contribution in [0.5, 0.6) is 0 Å². The van der Waals surface area contributed by atoms with Crippen molar-refractivity contribution in [3.63, 3.8) is 0 Å². The Labute approximate surface area is 161 Å². The molecule has 0 unspecified atom stereocenters. The van der Waals surface area contributed by atoms with E-state index in [-0.39, 0.29) is 30.1 Å². The van der Waals surface area contributed by atoms with Crippen LogP contribution in [-0.2, 0) is 23.2 Å². The smallest absolute Gasteiger partial charge is 0.227 e. The molecule has 140 valence electrons. The Morgan fingerprint density at radius 3 is 2.77 bits per heavy atom. The zero-order valence-corrected chi connectivity index (χ0v) is 16.8. The number of carbonyl (C=O) groups excluding carboxylic acids is 1. The first-order chi connectivity index (χ1) is 12.2. The lowest BCUT2D eigenvalue weighted by molar-refractivity contribution is -0.131. The molecule has 0 aliphatic rings. The summed E-state index contributed by atoms with van der Waals surface area (Å²) >= 11 is 3.32. The van der Waals surface area contributed by atoms with E-state index in [0.717, 1.165) is 4.47 Å². The Kier molecular flexibility index (Phi) is 6.69. The lowest BCUT2D eigenvalue weighted by Crippen LogP contribution is -2.31. The summed E-state index contributed by atoms with van der Waals surface area (Å²) in [5.41, 5.74) is 0.237. The SMILES string of the molecule is C=CCN(Cc1cc(Br)ccc1F)C(=O)CCc1nc(C(C)(C)C)no1. The first-order valence-corrected chi connectivity index (χ1v) is 9.15. The fourth-order valence-corrected chi connectivity index (χ4v) is 2.72. The van der Waals surface area contributed by atoms with Crippen molar-refractivity contribution in [3.8, 4) is 0 Å². The second-order valence-electron chi connectivity index (χ2n) is 7.06. The highest BCUT2D eigenvalue weighted by Crippen LogP contribution is 2.20. The van der Waals surface area contributed by atoms with Crippen molar-refractivity contribution in [3.05, 3.63) is 58.4 Å². The quantitative estimate of drug-likeness (QED) is 0.618. The first kappa shape index (κ1) is 20.3. The maximum absolute atomic E-state index is 14.0.